The second-order valence-corrected chi connectivity index (χ2v) is 5.66. The molecular formula is C14H23N3O. The van der Waals surface area contributed by atoms with Gasteiger partial charge in [-0.2, -0.15) is 5.26 Å². The van der Waals surface area contributed by atoms with Crippen LogP contribution in [0.5, 0.6) is 0 Å². The summed E-state index contributed by atoms with van der Waals surface area (Å²) in [5.74, 6) is 0.126. The molecule has 4 nitrogen and oxygen atoms in total. The molecule has 2 atom stereocenters. The van der Waals surface area contributed by atoms with Gasteiger partial charge in [-0.1, -0.05) is 19.3 Å². The molecule has 2 fully saturated rings. The van der Waals surface area contributed by atoms with Crippen molar-refractivity contribution in [2.75, 3.05) is 13.6 Å². The van der Waals surface area contributed by atoms with E-state index in [1.165, 1.54) is 32.1 Å². The molecule has 0 aromatic carbocycles. The molecule has 4 heteroatoms. The summed E-state index contributed by atoms with van der Waals surface area (Å²) in [6.45, 7) is 3.01. The molecule has 0 aromatic rings. The Balaban J connectivity index is 2.14. The molecule has 1 heterocycles. The second kappa shape index (κ2) is 5.71. The van der Waals surface area contributed by atoms with E-state index in [-0.39, 0.29) is 18.0 Å². The highest BCUT2D eigenvalue weighted by Gasteiger charge is 2.39. The lowest BCUT2D eigenvalue weighted by molar-refractivity contribution is -0.145. The van der Waals surface area contributed by atoms with Gasteiger partial charge in [0.15, 0.2) is 0 Å². The van der Waals surface area contributed by atoms with Crippen molar-refractivity contribution < 1.29 is 4.79 Å². The van der Waals surface area contributed by atoms with Crippen molar-refractivity contribution in [1.82, 2.24) is 9.80 Å². The van der Waals surface area contributed by atoms with E-state index in [4.69, 9.17) is 5.26 Å². The molecule has 18 heavy (non-hydrogen) atoms. The predicted octanol–water partition coefficient (Wildman–Crippen LogP) is 1.76. The first kappa shape index (κ1) is 13.4. The van der Waals surface area contributed by atoms with Crippen molar-refractivity contribution in [3.8, 4) is 6.07 Å². The first-order valence-corrected chi connectivity index (χ1v) is 7.04. The van der Waals surface area contributed by atoms with Crippen molar-refractivity contribution in [2.24, 2.45) is 0 Å². The van der Waals surface area contributed by atoms with Crippen LogP contribution in [-0.2, 0) is 4.79 Å². The third kappa shape index (κ3) is 2.51. The molecule has 1 aliphatic heterocycles. The Bertz CT molecular complexity index is 343. The molecule has 2 aliphatic rings. The van der Waals surface area contributed by atoms with Gasteiger partial charge in [0.2, 0.25) is 5.91 Å². The van der Waals surface area contributed by atoms with Gasteiger partial charge in [-0.15, -0.1) is 0 Å². The lowest BCUT2D eigenvalue weighted by Crippen LogP contribution is -2.62. The van der Waals surface area contributed by atoms with Gasteiger partial charge in [0.1, 0.15) is 6.04 Å². The molecule has 0 bridgehead atoms. The molecule has 100 valence electrons. The van der Waals surface area contributed by atoms with E-state index in [1.54, 1.807) is 4.90 Å². The summed E-state index contributed by atoms with van der Waals surface area (Å²) in [4.78, 5) is 16.4. The number of hydrogen-bond acceptors (Lipinski definition) is 3. The minimum atomic E-state index is -0.209. The first-order chi connectivity index (χ1) is 8.65. The summed E-state index contributed by atoms with van der Waals surface area (Å²) in [5, 5.41) is 8.96. The van der Waals surface area contributed by atoms with Crippen LogP contribution >= 0.6 is 0 Å². The normalized spacial score (nSPS) is 31.4. The molecule has 0 spiro atoms. The molecule has 1 saturated carbocycles. The fourth-order valence-electron chi connectivity index (χ4n) is 3.26. The average molecular weight is 249 g/mol. The SMILES string of the molecule is CC1CN(C2CCCCC2)C(CC#N)C(=O)N1C. The fourth-order valence-corrected chi connectivity index (χ4v) is 3.26. The van der Waals surface area contributed by atoms with Gasteiger partial charge in [-0.05, 0) is 19.8 Å². The maximum absolute atomic E-state index is 12.3. The molecular weight excluding hydrogens is 226 g/mol. The molecule has 2 rings (SSSR count). The summed E-state index contributed by atoms with van der Waals surface area (Å²) in [5.41, 5.74) is 0. The molecule has 1 saturated heterocycles. The van der Waals surface area contributed by atoms with Crippen LogP contribution in [0.3, 0.4) is 0 Å². The second-order valence-electron chi connectivity index (χ2n) is 5.66. The lowest BCUT2D eigenvalue weighted by atomic mass is 9.91. The van der Waals surface area contributed by atoms with Gasteiger partial charge in [-0.3, -0.25) is 9.69 Å². The summed E-state index contributed by atoms with van der Waals surface area (Å²) >= 11 is 0. The Labute approximate surface area is 110 Å². The smallest absolute Gasteiger partial charge is 0.241 e. The number of nitrogens with zero attached hydrogens (tertiary/aromatic N) is 3. The molecule has 1 amide bonds. The van der Waals surface area contributed by atoms with Crippen LogP contribution in [0.15, 0.2) is 0 Å². The maximum atomic E-state index is 12.3. The van der Waals surface area contributed by atoms with Crippen molar-refractivity contribution in [2.45, 2.75) is 63.6 Å². The molecule has 0 radical (unpaired) electrons. The number of carbonyl (C=O) groups excluding carboxylic acids is 1. The largest absolute Gasteiger partial charge is 0.340 e. The number of likely N-dealkylation sites (N-methyl/N-ethyl adjacent to an activating group) is 1. The number of piperazine rings is 1. The van der Waals surface area contributed by atoms with E-state index < -0.39 is 0 Å². The average Bonchev–Trinajstić information content (AvgIpc) is 2.40. The molecule has 2 unspecified atom stereocenters. The van der Waals surface area contributed by atoms with E-state index in [0.29, 0.717) is 12.5 Å². The zero-order chi connectivity index (χ0) is 13.1. The molecule has 1 aliphatic carbocycles. The highest BCUT2D eigenvalue weighted by molar-refractivity contribution is 5.83. The highest BCUT2D eigenvalue weighted by Crippen LogP contribution is 2.28. The lowest BCUT2D eigenvalue weighted by Gasteiger charge is -2.47. The summed E-state index contributed by atoms with van der Waals surface area (Å²) in [6, 6.07) is 2.74. The Morgan fingerprint density at radius 2 is 2.00 bits per heavy atom. The number of rotatable bonds is 2. The predicted molar refractivity (Wildman–Crippen MR) is 69.8 cm³/mol. The summed E-state index contributed by atoms with van der Waals surface area (Å²) < 4.78 is 0. The number of amides is 1. The molecule has 0 aromatic heterocycles. The van der Waals surface area contributed by atoms with Gasteiger partial charge in [0.05, 0.1) is 12.5 Å². The van der Waals surface area contributed by atoms with E-state index >= 15 is 0 Å². The van der Waals surface area contributed by atoms with Crippen LogP contribution in [-0.4, -0.2) is 47.4 Å². The third-order valence-corrected chi connectivity index (χ3v) is 4.50. The van der Waals surface area contributed by atoms with Crippen molar-refractivity contribution in [3.63, 3.8) is 0 Å². The van der Waals surface area contributed by atoms with E-state index in [9.17, 15) is 4.79 Å². The van der Waals surface area contributed by atoms with Crippen LogP contribution in [0.4, 0.5) is 0 Å². The Hall–Kier alpha value is -1.08. The molecule has 0 N–H and O–H groups in total. The van der Waals surface area contributed by atoms with E-state index in [1.807, 2.05) is 7.05 Å². The van der Waals surface area contributed by atoms with E-state index in [0.717, 1.165) is 6.54 Å². The highest BCUT2D eigenvalue weighted by atomic mass is 16.2. The van der Waals surface area contributed by atoms with E-state index in [2.05, 4.69) is 17.9 Å². The zero-order valence-corrected chi connectivity index (χ0v) is 11.4. The van der Waals surface area contributed by atoms with Crippen molar-refractivity contribution in [3.05, 3.63) is 0 Å². The van der Waals surface area contributed by atoms with Crippen LogP contribution in [0.2, 0.25) is 0 Å². The monoisotopic (exact) mass is 249 g/mol. The number of carbonyl (C=O) groups is 1. The Morgan fingerprint density at radius 1 is 1.33 bits per heavy atom. The Kier molecular flexibility index (Phi) is 4.23. The fraction of sp³-hybridized carbons (Fsp3) is 0.857. The van der Waals surface area contributed by atoms with Crippen LogP contribution in [0.25, 0.3) is 0 Å². The minimum absolute atomic E-state index is 0.126. The van der Waals surface area contributed by atoms with Gasteiger partial charge < -0.3 is 4.90 Å². The van der Waals surface area contributed by atoms with Crippen LogP contribution in [0.1, 0.15) is 45.4 Å². The summed E-state index contributed by atoms with van der Waals surface area (Å²) in [7, 11) is 1.86. The van der Waals surface area contributed by atoms with Gasteiger partial charge in [0, 0.05) is 25.7 Å². The first-order valence-electron chi connectivity index (χ1n) is 7.04. The van der Waals surface area contributed by atoms with Crippen molar-refractivity contribution in [1.29, 1.82) is 5.26 Å². The zero-order valence-electron chi connectivity index (χ0n) is 11.4. The van der Waals surface area contributed by atoms with Crippen LogP contribution in [0, 0.1) is 11.3 Å². The third-order valence-electron chi connectivity index (χ3n) is 4.50. The number of hydrogen-bond donors (Lipinski definition) is 0. The number of nitriles is 1. The summed E-state index contributed by atoms with van der Waals surface area (Å²) in [6.07, 6.45) is 6.54. The standard InChI is InChI=1S/C14H23N3O/c1-11-10-17(12-6-4-3-5-7-12)13(8-9-15)14(18)16(11)2/h11-13H,3-8,10H2,1-2H3. The van der Waals surface area contributed by atoms with Gasteiger partial charge in [0.25, 0.3) is 0 Å². The Morgan fingerprint density at radius 3 is 2.61 bits per heavy atom. The minimum Gasteiger partial charge on any atom is -0.340 e. The quantitative estimate of drug-likeness (QED) is 0.749. The van der Waals surface area contributed by atoms with Gasteiger partial charge >= 0.3 is 0 Å². The van der Waals surface area contributed by atoms with Crippen LogP contribution < -0.4 is 0 Å². The maximum Gasteiger partial charge on any atom is 0.241 e. The van der Waals surface area contributed by atoms with Crippen molar-refractivity contribution >= 4 is 5.91 Å². The van der Waals surface area contributed by atoms with Gasteiger partial charge in [-0.25, -0.2) is 0 Å². The topological polar surface area (TPSA) is 47.3 Å².